The molecule has 0 radical (unpaired) electrons. The number of nitrogens with zero attached hydrogens (tertiary/aromatic N) is 1. The van der Waals surface area contributed by atoms with E-state index >= 15 is 0 Å². The number of hydrogen-bond acceptors (Lipinski definition) is 1. The van der Waals surface area contributed by atoms with Gasteiger partial charge in [-0.3, -0.25) is 0 Å². The molecule has 0 N–H and O–H groups in total. The molecule has 1 aliphatic rings. The molecule has 4 aromatic carbocycles. The predicted octanol–water partition coefficient (Wildman–Crippen LogP) is 9.82. The van der Waals surface area contributed by atoms with Crippen molar-refractivity contribution in [2.75, 3.05) is 4.90 Å². The van der Waals surface area contributed by atoms with Crippen molar-refractivity contribution < 1.29 is 0 Å². The van der Waals surface area contributed by atoms with E-state index in [4.69, 9.17) is 23.2 Å². The van der Waals surface area contributed by atoms with Gasteiger partial charge in [0, 0.05) is 22.1 Å². The zero-order valence-corrected chi connectivity index (χ0v) is 20.5. The van der Waals surface area contributed by atoms with Crippen LogP contribution in [0.25, 0.3) is 16.7 Å². The quantitative estimate of drug-likeness (QED) is 0.256. The molecule has 0 aromatic heterocycles. The van der Waals surface area contributed by atoms with Crippen molar-refractivity contribution in [3.63, 3.8) is 0 Å². The largest absolute Gasteiger partial charge is 0.310 e. The summed E-state index contributed by atoms with van der Waals surface area (Å²) in [6.07, 6.45) is 7.30. The number of halogens is 2. The van der Waals surface area contributed by atoms with Crippen LogP contribution in [0, 0.1) is 0 Å². The maximum Gasteiger partial charge on any atom is 0.0641 e. The van der Waals surface area contributed by atoms with Gasteiger partial charge < -0.3 is 4.90 Å². The Labute approximate surface area is 211 Å². The van der Waals surface area contributed by atoms with Gasteiger partial charge in [0.05, 0.1) is 4.87 Å². The third kappa shape index (κ3) is 4.97. The first-order chi connectivity index (χ1) is 16.5. The van der Waals surface area contributed by atoms with Crippen LogP contribution in [0.4, 0.5) is 17.1 Å². The van der Waals surface area contributed by atoms with E-state index in [1.54, 1.807) is 0 Å². The lowest BCUT2D eigenvalue weighted by molar-refractivity contribution is 0.786. The molecule has 0 fully saturated rings. The summed E-state index contributed by atoms with van der Waals surface area (Å²) >= 11 is 12.9. The summed E-state index contributed by atoms with van der Waals surface area (Å²) in [6.45, 7) is 2.06. The highest BCUT2D eigenvalue weighted by Crippen LogP contribution is 2.39. The standard InChI is InChI=1S/C31H25Cl2N/c1-31(33)18-8-12-26(22-31)25-11-7-17-30(21-25)34(28-14-3-2-4-15-28)29-16-6-10-24(20-29)23-9-5-13-27(32)19-23/h2-17,19-22H,18H2,1H3. The third-order valence-corrected chi connectivity index (χ3v) is 6.48. The maximum atomic E-state index is 6.65. The van der Waals surface area contributed by atoms with Crippen LogP contribution in [-0.2, 0) is 0 Å². The van der Waals surface area contributed by atoms with Gasteiger partial charge in [0.1, 0.15) is 0 Å². The van der Waals surface area contributed by atoms with E-state index in [0.29, 0.717) is 0 Å². The second kappa shape index (κ2) is 9.54. The number of alkyl halides is 1. The fraction of sp³-hybridized carbons (Fsp3) is 0.0968. The first-order valence-corrected chi connectivity index (χ1v) is 12.1. The van der Waals surface area contributed by atoms with Gasteiger partial charge >= 0.3 is 0 Å². The van der Waals surface area contributed by atoms with E-state index in [0.717, 1.165) is 50.8 Å². The van der Waals surface area contributed by atoms with Crippen LogP contribution in [0.5, 0.6) is 0 Å². The van der Waals surface area contributed by atoms with Crippen LogP contribution in [0.15, 0.2) is 121 Å². The van der Waals surface area contributed by atoms with Gasteiger partial charge in [-0.1, -0.05) is 84.4 Å². The van der Waals surface area contributed by atoms with Crippen molar-refractivity contribution in [2.45, 2.75) is 18.2 Å². The van der Waals surface area contributed by atoms with Gasteiger partial charge in [-0.15, -0.1) is 11.6 Å². The molecule has 0 spiro atoms. The lowest BCUT2D eigenvalue weighted by atomic mass is 9.92. The topological polar surface area (TPSA) is 3.24 Å². The summed E-state index contributed by atoms with van der Waals surface area (Å²) in [6, 6.07) is 35.6. The summed E-state index contributed by atoms with van der Waals surface area (Å²) in [4.78, 5) is 1.93. The molecule has 1 atom stereocenters. The van der Waals surface area contributed by atoms with Gasteiger partial charge in [-0.2, -0.15) is 0 Å². The van der Waals surface area contributed by atoms with Crippen LogP contribution in [0.1, 0.15) is 18.9 Å². The average molecular weight is 482 g/mol. The van der Waals surface area contributed by atoms with Gasteiger partial charge in [0.25, 0.3) is 0 Å². The molecule has 0 aliphatic heterocycles. The van der Waals surface area contributed by atoms with Gasteiger partial charge in [0.2, 0.25) is 0 Å². The van der Waals surface area contributed by atoms with E-state index in [-0.39, 0.29) is 4.87 Å². The highest BCUT2D eigenvalue weighted by molar-refractivity contribution is 6.30. The van der Waals surface area contributed by atoms with Crippen LogP contribution in [-0.4, -0.2) is 4.87 Å². The summed E-state index contributed by atoms with van der Waals surface area (Å²) in [5, 5.41) is 0.732. The molecule has 0 heterocycles. The Hall–Kier alpha value is -3.26. The summed E-state index contributed by atoms with van der Waals surface area (Å²) < 4.78 is 0. The zero-order chi connectivity index (χ0) is 23.5. The SMILES string of the molecule is CC1(Cl)C=C(c2cccc(N(c3ccccc3)c3cccc(-c4cccc(Cl)c4)c3)c2)C=CC1. The van der Waals surface area contributed by atoms with Crippen LogP contribution >= 0.6 is 23.2 Å². The van der Waals surface area contributed by atoms with E-state index in [1.807, 2.05) is 24.3 Å². The molecule has 4 aromatic rings. The molecule has 0 bridgehead atoms. The fourth-order valence-corrected chi connectivity index (χ4v) is 4.77. The van der Waals surface area contributed by atoms with E-state index in [2.05, 4.69) is 109 Å². The van der Waals surface area contributed by atoms with Crippen molar-refractivity contribution >= 4 is 45.8 Å². The van der Waals surface area contributed by atoms with Gasteiger partial charge in [-0.05, 0) is 84.1 Å². The Morgan fingerprint density at radius 1 is 0.676 bits per heavy atom. The van der Waals surface area contributed by atoms with Crippen molar-refractivity contribution in [1.29, 1.82) is 0 Å². The monoisotopic (exact) mass is 481 g/mol. The molecular weight excluding hydrogens is 457 g/mol. The maximum absolute atomic E-state index is 6.65. The molecule has 3 heteroatoms. The fourth-order valence-electron chi connectivity index (χ4n) is 4.37. The minimum Gasteiger partial charge on any atom is -0.310 e. The number of allylic oxidation sites excluding steroid dienone is 4. The Morgan fingerprint density at radius 3 is 1.94 bits per heavy atom. The Balaban J connectivity index is 1.61. The first-order valence-electron chi connectivity index (χ1n) is 11.4. The van der Waals surface area contributed by atoms with Crippen LogP contribution < -0.4 is 4.90 Å². The Bertz CT molecular complexity index is 1370. The molecule has 1 nitrogen and oxygen atoms in total. The van der Waals surface area contributed by atoms with Crippen molar-refractivity contribution in [1.82, 2.24) is 0 Å². The third-order valence-electron chi connectivity index (χ3n) is 5.99. The Morgan fingerprint density at radius 2 is 1.26 bits per heavy atom. The van der Waals surface area contributed by atoms with Crippen LogP contribution in [0.3, 0.4) is 0 Å². The zero-order valence-electron chi connectivity index (χ0n) is 19.0. The molecule has 1 unspecified atom stereocenters. The Kier molecular flexibility index (Phi) is 6.32. The molecule has 0 amide bonds. The molecular formula is C31H25Cl2N. The normalized spacial score (nSPS) is 17.3. The van der Waals surface area contributed by atoms with Crippen molar-refractivity contribution in [3.8, 4) is 11.1 Å². The van der Waals surface area contributed by atoms with E-state index in [9.17, 15) is 0 Å². The minimum atomic E-state index is -0.357. The highest BCUT2D eigenvalue weighted by atomic mass is 35.5. The number of benzene rings is 4. The van der Waals surface area contributed by atoms with Crippen LogP contribution in [0.2, 0.25) is 5.02 Å². The molecule has 1 aliphatic carbocycles. The first kappa shape index (κ1) is 22.5. The predicted molar refractivity (Wildman–Crippen MR) is 148 cm³/mol. The van der Waals surface area contributed by atoms with Crippen molar-refractivity contribution in [2.24, 2.45) is 0 Å². The molecule has 5 rings (SSSR count). The lowest BCUT2D eigenvalue weighted by Crippen LogP contribution is -2.14. The number of hydrogen-bond donors (Lipinski definition) is 0. The molecule has 34 heavy (non-hydrogen) atoms. The molecule has 0 saturated heterocycles. The van der Waals surface area contributed by atoms with Gasteiger partial charge in [0.15, 0.2) is 0 Å². The summed E-state index contributed by atoms with van der Waals surface area (Å²) in [5.74, 6) is 0. The number of rotatable bonds is 5. The smallest absolute Gasteiger partial charge is 0.0641 e. The second-order valence-electron chi connectivity index (χ2n) is 8.77. The van der Waals surface area contributed by atoms with E-state index in [1.165, 1.54) is 0 Å². The highest BCUT2D eigenvalue weighted by Gasteiger charge is 2.21. The average Bonchev–Trinajstić information content (AvgIpc) is 2.85. The second-order valence-corrected chi connectivity index (χ2v) is 10.1. The number of anilines is 3. The van der Waals surface area contributed by atoms with E-state index < -0.39 is 0 Å². The van der Waals surface area contributed by atoms with Gasteiger partial charge in [-0.25, -0.2) is 0 Å². The molecule has 0 saturated carbocycles. The van der Waals surface area contributed by atoms with Crippen molar-refractivity contribution in [3.05, 3.63) is 132 Å². The minimum absolute atomic E-state index is 0.357. The molecule has 168 valence electrons. The summed E-state index contributed by atoms with van der Waals surface area (Å²) in [5.41, 5.74) is 7.76. The number of para-hydroxylation sites is 1. The summed E-state index contributed by atoms with van der Waals surface area (Å²) in [7, 11) is 0. The lowest BCUT2D eigenvalue weighted by Gasteiger charge is -2.27.